The quantitative estimate of drug-likeness (QED) is 0.533. The Morgan fingerprint density at radius 3 is 2.69 bits per heavy atom. The first-order chi connectivity index (χ1) is 7.61. The normalized spacial score (nSPS) is 17.6. The summed E-state index contributed by atoms with van der Waals surface area (Å²) in [4.78, 5) is 21.9. The van der Waals surface area contributed by atoms with Crippen molar-refractivity contribution in [2.75, 3.05) is 26.7 Å². The molecule has 0 aromatic heterocycles. The van der Waals surface area contributed by atoms with Crippen molar-refractivity contribution in [3.8, 4) is 0 Å². The molecule has 92 valence electrons. The Morgan fingerprint density at radius 1 is 1.56 bits per heavy atom. The molecule has 1 saturated heterocycles. The standard InChI is InChI=1S/C10H18N2O4/c1-16-8(3-10(14)15)6-12-9(13)2-7-4-11-5-7/h7-8,11H,2-6H2,1H3,(H,12,13)(H,14,15). The van der Waals surface area contributed by atoms with E-state index in [0.717, 1.165) is 13.1 Å². The molecule has 1 rings (SSSR count). The number of hydrogen-bond acceptors (Lipinski definition) is 4. The van der Waals surface area contributed by atoms with Crippen LogP contribution in [0.15, 0.2) is 0 Å². The van der Waals surface area contributed by atoms with Crippen LogP contribution in [0.1, 0.15) is 12.8 Å². The molecule has 1 aliphatic rings. The molecule has 3 N–H and O–H groups in total. The summed E-state index contributed by atoms with van der Waals surface area (Å²) in [6.45, 7) is 2.02. The van der Waals surface area contributed by atoms with Gasteiger partial charge in [-0.25, -0.2) is 0 Å². The Balaban J connectivity index is 2.14. The van der Waals surface area contributed by atoms with E-state index in [4.69, 9.17) is 9.84 Å². The van der Waals surface area contributed by atoms with Gasteiger partial charge in [0, 0.05) is 20.1 Å². The van der Waals surface area contributed by atoms with Gasteiger partial charge in [-0.1, -0.05) is 0 Å². The average molecular weight is 230 g/mol. The second-order valence-corrected chi connectivity index (χ2v) is 3.99. The minimum absolute atomic E-state index is 0.0426. The van der Waals surface area contributed by atoms with Crippen molar-refractivity contribution in [2.45, 2.75) is 18.9 Å². The van der Waals surface area contributed by atoms with Crippen LogP contribution >= 0.6 is 0 Å². The van der Waals surface area contributed by atoms with Gasteiger partial charge >= 0.3 is 5.97 Å². The van der Waals surface area contributed by atoms with Crippen LogP contribution in [0, 0.1) is 5.92 Å². The maximum Gasteiger partial charge on any atom is 0.306 e. The van der Waals surface area contributed by atoms with Crippen molar-refractivity contribution in [3.63, 3.8) is 0 Å². The predicted octanol–water partition coefficient (Wildman–Crippen LogP) is -0.798. The van der Waals surface area contributed by atoms with E-state index in [2.05, 4.69) is 10.6 Å². The van der Waals surface area contributed by atoms with Crippen LogP contribution < -0.4 is 10.6 Å². The lowest BCUT2D eigenvalue weighted by Crippen LogP contribution is -2.45. The van der Waals surface area contributed by atoms with Gasteiger partial charge in [0.05, 0.1) is 12.5 Å². The van der Waals surface area contributed by atoms with Gasteiger partial charge in [0.1, 0.15) is 0 Å². The molecule has 1 atom stereocenters. The van der Waals surface area contributed by atoms with E-state index < -0.39 is 12.1 Å². The SMILES string of the molecule is COC(CNC(=O)CC1CNC1)CC(=O)O. The maximum absolute atomic E-state index is 11.4. The second-order valence-electron chi connectivity index (χ2n) is 3.99. The van der Waals surface area contributed by atoms with Gasteiger partial charge in [-0.15, -0.1) is 0 Å². The summed E-state index contributed by atoms with van der Waals surface area (Å²) in [6, 6.07) is 0. The van der Waals surface area contributed by atoms with E-state index in [9.17, 15) is 9.59 Å². The zero-order chi connectivity index (χ0) is 12.0. The molecule has 1 amide bonds. The molecular weight excluding hydrogens is 212 g/mol. The lowest BCUT2D eigenvalue weighted by atomic mass is 9.99. The van der Waals surface area contributed by atoms with E-state index in [1.807, 2.05) is 0 Å². The summed E-state index contributed by atoms with van der Waals surface area (Å²) >= 11 is 0. The summed E-state index contributed by atoms with van der Waals surface area (Å²) in [6.07, 6.45) is -0.0564. The maximum atomic E-state index is 11.4. The van der Waals surface area contributed by atoms with Gasteiger partial charge in [0.25, 0.3) is 0 Å². The molecule has 1 heterocycles. The molecule has 6 nitrogen and oxygen atoms in total. The molecule has 0 aliphatic carbocycles. The van der Waals surface area contributed by atoms with Gasteiger partial charge in [0.2, 0.25) is 5.91 Å². The Bertz CT molecular complexity index is 253. The molecule has 1 unspecified atom stereocenters. The van der Waals surface area contributed by atoms with E-state index in [0.29, 0.717) is 12.3 Å². The summed E-state index contributed by atoms with van der Waals surface area (Å²) in [5, 5.41) is 14.3. The van der Waals surface area contributed by atoms with E-state index in [1.54, 1.807) is 0 Å². The van der Waals surface area contributed by atoms with Gasteiger partial charge in [0.15, 0.2) is 0 Å². The first-order valence-corrected chi connectivity index (χ1v) is 5.33. The number of rotatable bonds is 7. The smallest absolute Gasteiger partial charge is 0.306 e. The van der Waals surface area contributed by atoms with Gasteiger partial charge in [-0.05, 0) is 19.0 Å². The lowest BCUT2D eigenvalue weighted by molar-refractivity contribution is -0.140. The molecule has 16 heavy (non-hydrogen) atoms. The molecule has 0 bridgehead atoms. The van der Waals surface area contributed by atoms with E-state index >= 15 is 0 Å². The molecule has 0 spiro atoms. The molecule has 0 aromatic carbocycles. The Hall–Kier alpha value is -1.14. The zero-order valence-corrected chi connectivity index (χ0v) is 9.36. The fourth-order valence-corrected chi connectivity index (χ4v) is 1.49. The van der Waals surface area contributed by atoms with Crippen LogP contribution in [0.5, 0.6) is 0 Å². The van der Waals surface area contributed by atoms with Crippen LogP contribution in [0.25, 0.3) is 0 Å². The first-order valence-electron chi connectivity index (χ1n) is 5.33. The zero-order valence-electron chi connectivity index (χ0n) is 9.36. The van der Waals surface area contributed by atoms with Crippen molar-refractivity contribution in [3.05, 3.63) is 0 Å². The number of carboxylic acids is 1. The molecular formula is C10H18N2O4. The molecule has 0 radical (unpaired) electrons. The lowest BCUT2D eigenvalue weighted by Gasteiger charge is -2.26. The van der Waals surface area contributed by atoms with E-state index in [-0.39, 0.29) is 18.9 Å². The number of ether oxygens (including phenoxy) is 1. The summed E-state index contributed by atoms with van der Waals surface area (Å²) in [5.41, 5.74) is 0. The van der Waals surface area contributed by atoms with Crippen LogP contribution in [0.2, 0.25) is 0 Å². The van der Waals surface area contributed by atoms with Crippen LogP contribution in [-0.2, 0) is 14.3 Å². The molecule has 1 fully saturated rings. The number of nitrogens with one attached hydrogen (secondary N) is 2. The predicted molar refractivity (Wildman–Crippen MR) is 57.0 cm³/mol. The number of methoxy groups -OCH3 is 1. The second kappa shape index (κ2) is 6.44. The first kappa shape index (κ1) is 12.9. The van der Waals surface area contributed by atoms with Gasteiger partial charge in [-0.3, -0.25) is 9.59 Å². The van der Waals surface area contributed by atoms with Crippen LogP contribution in [0.3, 0.4) is 0 Å². The van der Waals surface area contributed by atoms with Crippen molar-refractivity contribution in [2.24, 2.45) is 5.92 Å². The van der Waals surface area contributed by atoms with Crippen molar-refractivity contribution < 1.29 is 19.4 Å². The number of carboxylic acid groups (broad SMARTS) is 1. The van der Waals surface area contributed by atoms with Crippen molar-refractivity contribution >= 4 is 11.9 Å². The summed E-state index contributed by atoms with van der Waals surface area (Å²) in [7, 11) is 1.44. The molecule has 6 heteroatoms. The third-order valence-corrected chi connectivity index (χ3v) is 2.60. The highest BCUT2D eigenvalue weighted by Gasteiger charge is 2.20. The van der Waals surface area contributed by atoms with Gasteiger partial charge in [-0.2, -0.15) is 0 Å². The molecule has 1 aliphatic heterocycles. The fourth-order valence-electron chi connectivity index (χ4n) is 1.49. The number of carbonyl (C=O) groups is 2. The minimum Gasteiger partial charge on any atom is -0.481 e. The monoisotopic (exact) mass is 230 g/mol. The number of hydrogen-bond donors (Lipinski definition) is 3. The summed E-state index contributed by atoms with van der Waals surface area (Å²) in [5.74, 6) is -0.552. The highest BCUT2D eigenvalue weighted by molar-refractivity contribution is 5.76. The molecule has 0 saturated carbocycles. The largest absolute Gasteiger partial charge is 0.481 e. The highest BCUT2D eigenvalue weighted by atomic mass is 16.5. The minimum atomic E-state index is -0.927. The Morgan fingerprint density at radius 2 is 2.25 bits per heavy atom. The van der Waals surface area contributed by atoms with Crippen LogP contribution in [0.4, 0.5) is 0 Å². The van der Waals surface area contributed by atoms with Crippen molar-refractivity contribution in [1.82, 2.24) is 10.6 Å². The Kier molecular flexibility index (Phi) is 5.21. The number of carbonyl (C=O) groups excluding carboxylic acids is 1. The average Bonchev–Trinajstić information content (AvgIpc) is 2.17. The topological polar surface area (TPSA) is 87.7 Å². The Labute approximate surface area is 94.3 Å². The van der Waals surface area contributed by atoms with Gasteiger partial charge < -0.3 is 20.5 Å². The van der Waals surface area contributed by atoms with Crippen molar-refractivity contribution in [1.29, 1.82) is 0 Å². The third-order valence-electron chi connectivity index (χ3n) is 2.60. The number of aliphatic carboxylic acids is 1. The third kappa shape index (κ3) is 4.59. The fraction of sp³-hybridized carbons (Fsp3) is 0.800. The summed E-state index contributed by atoms with van der Waals surface area (Å²) < 4.78 is 4.95. The van der Waals surface area contributed by atoms with E-state index in [1.165, 1.54) is 7.11 Å². The van der Waals surface area contributed by atoms with Crippen LogP contribution in [-0.4, -0.2) is 49.8 Å². The highest BCUT2D eigenvalue weighted by Crippen LogP contribution is 2.07. The number of amides is 1. The molecule has 0 aromatic rings.